The molecular weight excluding hydrogens is 776 g/mol. The van der Waals surface area contributed by atoms with Crippen molar-refractivity contribution in [1.29, 1.82) is 0 Å². The Balaban J connectivity index is 0.000000207. The van der Waals surface area contributed by atoms with Crippen LogP contribution in [-0.2, 0) is 19.1 Å². The monoisotopic (exact) mass is 814 g/mol. The van der Waals surface area contributed by atoms with Gasteiger partial charge in [0.05, 0.1) is 0 Å². The van der Waals surface area contributed by atoms with Crippen LogP contribution >= 0.6 is 10.7 Å². The van der Waals surface area contributed by atoms with Gasteiger partial charge in [0.15, 0.2) is 22.9 Å². The molecule has 55 heavy (non-hydrogen) atoms. The van der Waals surface area contributed by atoms with Gasteiger partial charge in [0.2, 0.25) is 10.3 Å². The lowest BCUT2D eigenvalue weighted by Gasteiger charge is -2.15. The smallest absolute Gasteiger partial charge is 0.294 e. The molecule has 292 valence electrons. The minimum atomic E-state index is -3.65. The summed E-state index contributed by atoms with van der Waals surface area (Å²) in [6, 6.07) is 22.1. The highest BCUT2D eigenvalue weighted by atomic mass is 35.7. The van der Waals surface area contributed by atoms with Gasteiger partial charge in [-0.25, -0.2) is 26.8 Å². The molecule has 21 heteroatoms. The molecule has 0 aliphatic heterocycles. The van der Waals surface area contributed by atoms with Crippen molar-refractivity contribution >= 4 is 41.6 Å². The first-order valence-electron chi connectivity index (χ1n) is 16.5. The molecule has 5 N–H and O–H groups in total. The molecule has 0 aliphatic rings. The van der Waals surface area contributed by atoms with E-state index in [1.165, 1.54) is 36.1 Å². The molecule has 0 aliphatic carbocycles. The fraction of sp³-hybridized carbons (Fsp3) is 0.235. The van der Waals surface area contributed by atoms with Gasteiger partial charge < -0.3 is 35.0 Å². The number of aromatic nitrogens is 6. The number of amides is 2. The van der Waals surface area contributed by atoms with Crippen molar-refractivity contribution in [2.24, 2.45) is 0 Å². The largest absolute Gasteiger partial charge is 0.355 e. The second-order valence-electron chi connectivity index (χ2n) is 11.3. The van der Waals surface area contributed by atoms with Gasteiger partial charge in [-0.3, -0.25) is 9.59 Å². The van der Waals surface area contributed by atoms with Crippen LogP contribution in [-0.4, -0.2) is 103 Å². The number of benzene rings is 2. The second kappa shape index (κ2) is 20.7. The average molecular weight is 815 g/mol. The number of aromatic amines is 2. The molecular formula is C34H39ClN10O8S2. The van der Waals surface area contributed by atoms with Crippen molar-refractivity contribution in [3.05, 3.63) is 109 Å². The topological polar surface area (TPSA) is 251 Å². The Labute approximate surface area is 321 Å². The molecule has 4 heterocycles. The summed E-state index contributed by atoms with van der Waals surface area (Å²) in [5.41, 5.74) is 2.21. The zero-order valence-electron chi connectivity index (χ0n) is 29.7. The molecule has 2 amide bonds. The van der Waals surface area contributed by atoms with E-state index in [1.807, 2.05) is 67.7 Å². The zero-order valence-corrected chi connectivity index (χ0v) is 32.1. The molecule has 6 aromatic rings. The minimum Gasteiger partial charge on any atom is -0.355 e. The lowest BCUT2D eigenvalue weighted by Crippen LogP contribution is -2.32. The maximum atomic E-state index is 12.2. The summed E-state index contributed by atoms with van der Waals surface area (Å²) < 4.78 is 56.7. The molecule has 0 saturated carbocycles. The van der Waals surface area contributed by atoms with Crippen LogP contribution in [0, 0.1) is 0 Å². The van der Waals surface area contributed by atoms with Gasteiger partial charge in [0, 0.05) is 85.4 Å². The van der Waals surface area contributed by atoms with Gasteiger partial charge in [0.25, 0.3) is 30.9 Å². The normalized spacial score (nSPS) is 11.2. The summed E-state index contributed by atoms with van der Waals surface area (Å²) >= 11 is 0. The molecule has 4 aromatic heterocycles. The van der Waals surface area contributed by atoms with Gasteiger partial charge in [-0.05, 0) is 26.4 Å². The van der Waals surface area contributed by atoms with E-state index in [9.17, 15) is 26.4 Å². The van der Waals surface area contributed by atoms with Gasteiger partial charge >= 0.3 is 0 Å². The molecule has 0 spiro atoms. The number of sulfonamides is 1. The van der Waals surface area contributed by atoms with E-state index in [1.54, 1.807) is 12.1 Å². The Morgan fingerprint density at radius 1 is 0.727 bits per heavy atom. The van der Waals surface area contributed by atoms with Crippen molar-refractivity contribution in [2.45, 2.75) is 23.2 Å². The highest BCUT2D eigenvalue weighted by Gasteiger charge is 2.23. The maximum absolute atomic E-state index is 12.2. The quantitative estimate of drug-likeness (QED) is 0.0736. The van der Waals surface area contributed by atoms with E-state index in [-0.39, 0.29) is 34.4 Å². The van der Waals surface area contributed by atoms with Gasteiger partial charge in [0.1, 0.15) is 0 Å². The first-order valence-corrected chi connectivity index (χ1v) is 20.3. The fourth-order valence-corrected chi connectivity index (χ4v) is 6.16. The van der Waals surface area contributed by atoms with Crippen molar-refractivity contribution in [3.8, 4) is 22.6 Å². The van der Waals surface area contributed by atoms with Crippen molar-refractivity contribution in [3.63, 3.8) is 0 Å². The Kier molecular flexibility index (Phi) is 15.8. The number of carbonyl (C=O) groups is 2. The summed E-state index contributed by atoms with van der Waals surface area (Å²) in [6.07, 6.45) is 6.84. The Morgan fingerprint density at radius 2 is 1.20 bits per heavy atom. The van der Waals surface area contributed by atoms with Crippen LogP contribution in [0.2, 0.25) is 0 Å². The SMILES string of the molecule is CN(CCCNC(=O)c1cc(-c2ccccc2)on1)S(=O)(=O)c1ncc[nH]1.CNCCCNC(=O)c1cc(-c2ccccc2)on1.O=S(=O)(Cl)c1ncc[nH]1. The number of rotatable bonds is 15. The predicted molar refractivity (Wildman–Crippen MR) is 202 cm³/mol. The van der Waals surface area contributed by atoms with Crippen LogP contribution in [0.3, 0.4) is 0 Å². The van der Waals surface area contributed by atoms with Crippen LogP contribution in [0.15, 0.2) is 117 Å². The molecule has 0 radical (unpaired) electrons. The van der Waals surface area contributed by atoms with E-state index in [0.717, 1.165) is 24.1 Å². The number of H-pyrrole nitrogens is 2. The van der Waals surface area contributed by atoms with E-state index >= 15 is 0 Å². The predicted octanol–water partition coefficient (Wildman–Crippen LogP) is 3.52. The third kappa shape index (κ3) is 13.0. The summed E-state index contributed by atoms with van der Waals surface area (Å²) in [6.45, 7) is 2.02. The van der Waals surface area contributed by atoms with Crippen LogP contribution in [0.1, 0.15) is 33.8 Å². The third-order valence-electron chi connectivity index (χ3n) is 7.26. The number of carbonyl (C=O) groups excluding carboxylic acids is 2. The number of imidazole rings is 2. The van der Waals surface area contributed by atoms with E-state index < -0.39 is 19.1 Å². The second-order valence-corrected chi connectivity index (χ2v) is 15.7. The van der Waals surface area contributed by atoms with Crippen molar-refractivity contribution in [2.75, 3.05) is 40.3 Å². The molecule has 0 unspecified atom stereocenters. The number of nitrogens with one attached hydrogen (secondary N) is 5. The Hall–Kier alpha value is -5.67. The maximum Gasteiger partial charge on any atom is 0.294 e. The molecule has 6 rings (SSSR count). The van der Waals surface area contributed by atoms with E-state index in [0.29, 0.717) is 36.7 Å². The molecule has 0 fully saturated rings. The third-order valence-corrected chi connectivity index (χ3v) is 10.1. The van der Waals surface area contributed by atoms with Crippen LogP contribution in [0.4, 0.5) is 0 Å². The number of halogens is 1. The summed E-state index contributed by atoms with van der Waals surface area (Å²) in [5, 5.41) is 15.8. The molecule has 18 nitrogen and oxygen atoms in total. The number of hydrogen-bond donors (Lipinski definition) is 5. The standard InChI is InChI=1S/C17H19N5O4S.C14H17N3O2.C3H3ClN2O2S/c1-22(27(24,25)17-19-9-10-20-17)11-5-8-18-16(23)14-12-15(26-21-14)13-6-3-2-4-7-13;1-15-8-5-9-16-14(18)12-10-13(19-17-12)11-6-3-2-4-7-11;4-9(7,8)3-5-1-2-6-3/h2-4,6-7,9-10,12H,5,8,11H2,1H3,(H,18,23)(H,19,20);2-4,6-7,10,15H,5,8-9H2,1H3,(H,16,18);1-2H,(H,5,6). The minimum absolute atomic E-state index is 0.106. The van der Waals surface area contributed by atoms with Crippen LogP contribution < -0.4 is 16.0 Å². The highest BCUT2D eigenvalue weighted by Crippen LogP contribution is 2.20. The number of nitrogens with zero attached hydrogens (tertiary/aromatic N) is 5. The lowest BCUT2D eigenvalue weighted by molar-refractivity contribution is 0.0935. The van der Waals surface area contributed by atoms with Crippen molar-refractivity contribution in [1.82, 2.24) is 50.5 Å². The molecule has 0 saturated heterocycles. The van der Waals surface area contributed by atoms with E-state index in [4.69, 9.17) is 19.7 Å². The first-order chi connectivity index (χ1) is 26.4. The fourth-order valence-electron chi connectivity index (χ4n) is 4.44. The van der Waals surface area contributed by atoms with E-state index in [2.05, 4.69) is 46.2 Å². The molecule has 0 bridgehead atoms. The van der Waals surface area contributed by atoms with Gasteiger partial charge in [-0.2, -0.15) is 4.31 Å². The first kappa shape index (κ1) is 42.1. The van der Waals surface area contributed by atoms with Gasteiger partial charge in [-0.15, -0.1) is 0 Å². The Bertz CT molecular complexity index is 2270. The summed E-state index contributed by atoms with van der Waals surface area (Å²) in [4.78, 5) is 36.0. The number of hydrogen-bond acceptors (Lipinski definition) is 13. The summed E-state index contributed by atoms with van der Waals surface area (Å²) in [5.74, 6) is 0.519. The highest BCUT2D eigenvalue weighted by molar-refractivity contribution is 8.13. The van der Waals surface area contributed by atoms with Gasteiger partial charge in [-0.1, -0.05) is 71.0 Å². The zero-order chi connectivity index (χ0) is 39.7. The average Bonchev–Trinajstić information content (AvgIpc) is 4.03. The summed E-state index contributed by atoms with van der Waals surface area (Å²) in [7, 11) is 0.918. The van der Waals surface area contributed by atoms with Crippen LogP contribution in [0.25, 0.3) is 22.6 Å². The Morgan fingerprint density at radius 3 is 1.62 bits per heavy atom. The molecule has 0 atom stereocenters. The lowest BCUT2D eigenvalue weighted by atomic mass is 10.1. The van der Waals surface area contributed by atoms with Crippen molar-refractivity contribution < 1.29 is 35.5 Å². The molecule has 2 aromatic carbocycles. The van der Waals surface area contributed by atoms with Crippen LogP contribution in [0.5, 0.6) is 0 Å².